The molecule has 2 fully saturated rings. The summed E-state index contributed by atoms with van der Waals surface area (Å²) in [5, 5.41) is 0. The number of piperidine rings is 1. The Morgan fingerprint density at radius 2 is 1.18 bits per heavy atom. The zero-order chi connectivity index (χ0) is 12.4. The van der Waals surface area contributed by atoms with Crippen LogP contribution in [-0.4, -0.2) is 48.1 Å². The molecule has 0 aliphatic carbocycles. The van der Waals surface area contributed by atoms with E-state index in [1.807, 2.05) is 0 Å². The van der Waals surface area contributed by atoms with Gasteiger partial charge in [0.15, 0.2) is 0 Å². The Morgan fingerprint density at radius 3 is 1.65 bits per heavy atom. The molecule has 0 aromatic rings. The first kappa shape index (κ1) is 13.4. The molecule has 2 nitrogen and oxygen atoms in total. The van der Waals surface area contributed by atoms with Crippen molar-refractivity contribution in [3.05, 3.63) is 0 Å². The normalized spacial score (nSPS) is 29.6. The van der Waals surface area contributed by atoms with Gasteiger partial charge in [0, 0.05) is 18.6 Å². The molecule has 0 spiro atoms. The molecular formula is C15H30N2. The van der Waals surface area contributed by atoms with Crippen LogP contribution in [0.1, 0.15) is 47.0 Å². The van der Waals surface area contributed by atoms with Crippen molar-refractivity contribution in [2.45, 2.75) is 59.0 Å². The van der Waals surface area contributed by atoms with E-state index >= 15 is 0 Å². The third kappa shape index (κ3) is 3.23. The molecule has 1 atom stereocenters. The summed E-state index contributed by atoms with van der Waals surface area (Å²) in [6.45, 7) is 14.7. The van der Waals surface area contributed by atoms with Gasteiger partial charge in [-0.1, -0.05) is 0 Å². The van der Waals surface area contributed by atoms with Crippen molar-refractivity contribution >= 4 is 0 Å². The van der Waals surface area contributed by atoms with Gasteiger partial charge in [-0.25, -0.2) is 0 Å². The van der Waals surface area contributed by atoms with Crippen molar-refractivity contribution in [2.24, 2.45) is 11.8 Å². The van der Waals surface area contributed by atoms with E-state index < -0.39 is 0 Å². The molecule has 0 bridgehead atoms. The molecule has 2 rings (SSSR count). The van der Waals surface area contributed by atoms with Gasteiger partial charge in [0.2, 0.25) is 0 Å². The van der Waals surface area contributed by atoms with E-state index in [0.29, 0.717) is 0 Å². The van der Waals surface area contributed by atoms with Gasteiger partial charge in [-0.15, -0.1) is 0 Å². The number of hydrogen-bond acceptors (Lipinski definition) is 2. The number of hydrogen-bond donors (Lipinski definition) is 0. The standard InChI is InChI=1S/C15H30N2/c1-12(2)16-8-5-14(6-9-16)15-7-10-17(11-15)13(3)4/h12-15H,5-11H2,1-4H3. The molecule has 1 unspecified atom stereocenters. The average molecular weight is 238 g/mol. The Morgan fingerprint density at radius 1 is 0.706 bits per heavy atom. The van der Waals surface area contributed by atoms with Crippen LogP contribution >= 0.6 is 0 Å². The molecule has 0 N–H and O–H groups in total. The summed E-state index contributed by atoms with van der Waals surface area (Å²) < 4.78 is 0. The fraction of sp³-hybridized carbons (Fsp3) is 1.00. The number of nitrogens with zero attached hydrogens (tertiary/aromatic N) is 2. The topological polar surface area (TPSA) is 6.48 Å². The Kier molecular flexibility index (Phi) is 4.48. The van der Waals surface area contributed by atoms with Crippen molar-refractivity contribution < 1.29 is 0 Å². The highest BCUT2D eigenvalue weighted by molar-refractivity contribution is 4.86. The van der Waals surface area contributed by atoms with E-state index in [4.69, 9.17) is 0 Å². The molecular weight excluding hydrogens is 208 g/mol. The first-order valence-electron chi connectivity index (χ1n) is 7.56. The molecule has 2 saturated heterocycles. The lowest BCUT2D eigenvalue weighted by Crippen LogP contribution is -2.40. The van der Waals surface area contributed by atoms with Crippen LogP contribution in [0, 0.1) is 11.8 Å². The van der Waals surface area contributed by atoms with Crippen molar-refractivity contribution in [2.75, 3.05) is 26.2 Å². The third-order valence-electron chi connectivity index (χ3n) is 4.96. The zero-order valence-electron chi connectivity index (χ0n) is 12.2. The minimum Gasteiger partial charge on any atom is -0.301 e. The predicted molar refractivity (Wildman–Crippen MR) is 74.2 cm³/mol. The molecule has 17 heavy (non-hydrogen) atoms. The zero-order valence-corrected chi connectivity index (χ0v) is 12.2. The second kappa shape index (κ2) is 5.71. The summed E-state index contributed by atoms with van der Waals surface area (Å²) in [7, 11) is 0. The Balaban J connectivity index is 1.78. The quantitative estimate of drug-likeness (QED) is 0.746. The smallest absolute Gasteiger partial charge is 0.00387 e. The van der Waals surface area contributed by atoms with Gasteiger partial charge in [0.1, 0.15) is 0 Å². The summed E-state index contributed by atoms with van der Waals surface area (Å²) in [6, 6.07) is 1.49. The highest BCUT2D eigenvalue weighted by Crippen LogP contribution is 2.32. The molecule has 100 valence electrons. The summed E-state index contributed by atoms with van der Waals surface area (Å²) in [4.78, 5) is 5.31. The van der Waals surface area contributed by atoms with Crippen LogP contribution in [0.2, 0.25) is 0 Å². The lowest BCUT2D eigenvalue weighted by atomic mass is 9.83. The summed E-state index contributed by atoms with van der Waals surface area (Å²) in [6.07, 6.45) is 4.33. The monoisotopic (exact) mass is 238 g/mol. The van der Waals surface area contributed by atoms with Crippen molar-refractivity contribution in [1.29, 1.82) is 0 Å². The summed E-state index contributed by atoms with van der Waals surface area (Å²) in [5.74, 6) is 2.00. The van der Waals surface area contributed by atoms with E-state index in [2.05, 4.69) is 37.5 Å². The van der Waals surface area contributed by atoms with Crippen LogP contribution in [0.3, 0.4) is 0 Å². The Bertz CT molecular complexity index is 229. The maximum Gasteiger partial charge on any atom is 0.00387 e. The third-order valence-corrected chi connectivity index (χ3v) is 4.96. The average Bonchev–Trinajstić information content (AvgIpc) is 2.78. The van der Waals surface area contributed by atoms with Gasteiger partial charge in [-0.2, -0.15) is 0 Å². The van der Waals surface area contributed by atoms with Gasteiger partial charge >= 0.3 is 0 Å². The second-order valence-electron chi connectivity index (χ2n) is 6.60. The van der Waals surface area contributed by atoms with Crippen LogP contribution < -0.4 is 0 Å². The Hall–Kier alpha value is -0.0800. The van der Waals surface area contributed by atoms with Crippen molar-refractivity contribution in [3.8, 4) is 0 Å². The van der Waals surface area contributed by atoms with Crippen molar-refractivity contribution in [3.63, 3.8) is 0 Å². The highest BCUT2D eigenvalue weighted by atomic mass is 15.2. The molecule has 2 aliphatic rings. The Labute approximate surface area is 107 Å². The predicted octanol–water partition coefficient (Wildman–Crippen LogP) is 2.84. The minimum absolute atomic E-state index is 0.742. The molecule has 0 radical (unpaired) electrons. The molecule has 0 amide bonds. The van der Waals surface area contributed by atoms with E-state index in [9.17, 15) is 0 Å². The van der Waals surface area contributed by atoms with Crippen molar-refractivity contribution in [1.82, 2.24) is 9.80 Å². The van der Waals surface area contributed by atoms with Crippen LogP contribution in [0.5, 0.6) is 0 Å². The summed E-state index contributed by atoms with van der Waals surface area (Å²) >= 11 is 0. The van der Waals surface area contributed by atoms with E-state index in [-0.39, 0.29) is 0 Å². The van der Waals surface area contributed by atoms with Gasteiger partial charge in [0.05, 0.1) is 0 Å². The maximum absolute atomic E-state index is 2.67. The molecule has 2 heteroatoms. The fourth-order valence-corrected chi connectivity index (χ4v) is 3.58. The minimum atomic E-state index is 0.742. The molecule has 2 aliphatic heterocycles. The largest absolute Gasteiger partial charge is 0.301 e. The molecule has 2 heterocycles. The van der Waals surface area contributed by atoms with Gasteiger partial charge < -0.3 is 9.80 Å². The van der Waals surface area contributed by atoms with Crippen LogP contribution in [0.25, 0.3) is 0 Å². The SMILES string of the molecule is CC(C)N1CCC(C2CCN(C(C)C)C2)CC1. The first-order valence-corrected chi connectivity index (χ1v) is 7.56. The number of rotatable bonds is 3. The van der Waals surface area contributed by atoms with Crippen LogP contribution in [-0.2, 0) is 0 Å². The molecule has 0 aromatic heterocycles. The molecule has 0 saturated carbocycles. The van der Waals surface area contributed by atoms with E-state index in [1.165, 1.54) is 45.4 Å². The molecule has 0 aromatic carbocycles. The summed E-state index contributed by atoms with van der Waals surface area (Å²) in [5.41, 5.74) is 0. The second-order valence-corrected chi connectivity index (χ2v) is 6.60. The number of likely N-dealkylation sites (tertiary alicyclic amines) is 2. The van der Waals surface area contributed by atoms with Crippen LogP contribution in [0.4, 0.5) is 0 Å². The van der Waals surface area contributed by atoms with Gasteiger partial charge in [-0.3, -0.25) is 0 Å². The lowest BCUT2D eigenvalue weighted by Gasteiger charge is -2.37. The van der Waals surface area contributed by atoms with E-state index in [1.54, 1.807) is 0 Å². The first-order chi connectivity index (χ1) is 8.08. The van der Waals surface area contributed by atoms with Gasteiger partial charge in [-0.05, 0) is 78.4 Å². The fourth-order valence-electron chi connectivity index (χ4n) is 3.58. The highest BCUT2D eigenvalue weighted by Gasteiger charge is 2.32. The lowest BCUT2D eigenvalue weighted by molar-refractivity contribution is 0.119. The maximum atomic E-state index is 2.67. The van der Waals surface area contributed by atoms with Gasteiger partial charge in [0.25, 0.3) is 0 Å². The van der Waals surface area contributed by atoms with E-state index in [0.717, 1.165) is 23.9 Å². The van der Waals surface area contributed by atoms with Crippen LogP contribution in [0.15, 0.2) is 0 Å².